The number of nitrogens with one attached hydrogen (secondary N) is 1. The summed E-state index contributed by atoms with van der Waals surface area (Å²) in [6.45, 7) is 6.64. The van der Waals surface area contributed by atoms with Crippen molar-refractivity contribution in [3.8, 4) is 0 Å². The lowest BCUT2D eigenvalue weighted by atomic mass is 10.2. The summed E-state index contributed by atoms with van der Waals surface area (Å²) in [6.07, 6.45) is 1.68. The number of hydrogen-bond donors (Lipinski definition) is 1. The van der Waals surface area contributed by atoms with Crippen molar-refractivity contribution in [1.82, 2.24) is 5.32 Å². The molecule has 0 radical (unpaired) electrons. The van der Waals surface area contributed by atoms with E-state index in [-0.39, 0.29) is 6.04 Å². The van der Waals surface area contributed by atoms with Gasteiger partial charge in [-0.15, -0.1) is 11.3 Å². The second kappa shape index (κ2) is 5.54. The second-order valence-electron chi connectivity index (χ2n) is 3.93. The molecule has 0 amide bonds. The SMILES string of the molecule is C=C(C)CNC(c1ccco1)c1ccc(Cl)s1. The minimum absolute atomic E-state index is 0.0409. The van der Waals surface area contributed by atoms with E-state index in [2.05, 4.69) is 11.9 Å². The van der Waals surface area contributed by atoms with Gasteiger partial charge in [0, 0.05) is 11.4 Å². The predicted octanol–water partition coefficient (Wildman–Crippen LogP) is 4.25. The van der Waals surface area contributed by atoms with Crippen molar-refractivity contribution in [2.45, 2.75) is 13.0 Å². The normalized spacial score (nSPS) is 12.6. The minimum atomic E-state index is 0.0409. The van der Waals surface area contributed by atoms with Crippen LogP contribution >= 0.6 is 22.9 Å². The number of furan rings is 1. The van der Waals surface area contributed by atoms with Crippen LogP contribution in [0.5, 0.6) is 0 Å². The van der Waals surface area contributed by atoms with Gasteiger partial charge in [0.05, 0.1) is 10.6 Å². The molecule has 0 saturated heterocycles. The van der Waals surface area contributed by atoms with Crippen LogP contribution in [-0.2, 0) is 0 Å². The molecule has 17 heavy (non-hydrogen) atoms. The number of rotatable bonds is 5. The van der Waals surface area contributed by atoms with E-state index < -0.39 is 0 Å². The van der Waals surface area contributed by atoms with E-state index in [1.54, 1.807) is 17.6 Å². The Bertz CT molecular complexity index is 489. The fourth-order valence-electron chi connectivity index (χ4n) is 1.56. The minimum Gasteiger partial charge on any atom is -0.467 e. The summed E-state index contributed by atoms with van der Waals surface area (Å²) in [5.41, 5.74) is 1.09. The monoisotopic (exact) mass is 267 g/mol. The zero-order valence-corrected chi connectivity index (χ0v) is 11.1. The van der Waals surface area contributed by atoms with E-state index in [9.17, 15) is 0 Å². The fraction of sp³-hybridized carbons (Fsp3) is 0.231. The van der Waals surface area contributed by atoms with Gasteiger partial charge in [-0.2, -0.15) is 0 Å². The van der Waals surface area contributed by atoms with Gasteiger partial charge in [-0.25, -0.2) is 0 Å². The Labute approximate surface area is 110 Å². The van der Waals surface area contributed by atoms with Crippen LogP contribution in [0.25, 0.3) is 0 Å². The lowest BCUT2D eigenvalue weighted by Crippen LogP contribution is -2.22. The Morgan fingerprint density at radius 2 is 2.35 bits per heavy atom. The van der Waals surface area contributed by atoms with E-state index in [1.807, 2.05) is 31.2 Å². The third-order valence-corrected chi connectivity index (χ3v) is 3.61. The van der Waals surface area contributed by atoms with Gasteiger partial charge in [0.15, 0.2) is 0 Å². The topological polar surface area (TPSA) is 25.2 Å². The molecule has 1 unspecified atom stereocenters. The summed E-state index contributed by atoms with van der Waals surface area (Å²) in [4.78, 5) is 1.14. The molecule has 0 saturated carbocycles. The van der Waals surface area contributed by atoms with Crippen LogP contribution in [0, 0.1) is 0 Å². The maximum Gasteiger partial charge on any atom is 0.126 e. The molecule has 0 fully saturated rings. The van der Waals surface area contributed by atoms with Crippen LogP contribution in [0.15, 0.2) is 47.1 Å². The van der Waals surface area contributed by atoms with Crippen LogP contribution in [-0.4, -0.2) is 6.54 Å². The maximum atomic E-state index is 5.97. The number of hydrogen-bond acceptors (Lipinski definition) is 3. The summed E-state index contributed by atoms with van der Waals surface area (Å²) in [5.74, 6) is 0.893. The fourth-order valence-corrected chi connectivity index (χ4v) is 2.70. The zero-order valence-electron chi connectivity index (χ0n) is 9.57. The van der Waals surface area contributed by atoms with Gasteiger partial charge < -0.3 is 4.42 Å². The molecule has 0 bridgehead atoms. The molecule has 2 aromatic heterocycles. The van der Waals surface area contributed by atoms with Crippen molar-refractivity contribution >= 4 is 22.9 Å². The van der Waals surface area contributed by atoms with Crippen molar-refractivity contribution in [3.63, 3.8) is 0 Å². The molecule has 4 heteroatoms. The molecule has 1 atom stereocenters. The first-order valence-electron chi connectivity index (χ1n) is 5.33. The summed E-state index contributed by atoms with van der Waals surface area (Å²) in [6, 6.07) is 7.81. The van der Waals surface area contributed by atoms with E-state index in [0.717, 1.165) is 27.1 Å². The van der Waals surface area contributed by atoms with Crippen LogP contribution < -0.4 is 5.32 Å². The largest absolute Gasteiger partial charge is 0.467 e. The first-order valence-corrected chi connectivity index (χ1v) is 6.52. The average molecular weight is 268 g/mol. The first kappa shape index (κ1) is 12.4. The van der Waals surface area contributed by atoms with Gasteiger partial charge >= 0.3 is 0 Å². The molecular weight excluding hydrogens is 254 g/mol. The highest BCUT2D eigenvalue weighted by Gasteiger charge is 2.18. The van der Waals surface area contributed by atoms with Gasteiger partial charge in [-0.05, 0) is 31.2 Å². The first-order chi connectivity index (χ1) is 8.16. The van der Waals surface area contributed by atoms with Crippen LogP contribution in [0.4, 0.5) is 0 Å². The lowest BCUT2D eigenvalue weighted by molar-refractivity contribution is 0.457. The average Bonchev–Trinajstić information content (AvgIpc) is 2.90. The zero-order chi connectivity index (χ0) is 12.3. The second-order valence-corrected chi connectivity index (χ2v) is 5.67. The number of halogens is 1. The Morgan fingerprint density at radius 1 is 1.53 bits per heavy atom. The molecule has 2 nitrogen and oxygen atoms in total. The third kappa shape index (κ3) is 3.22. The third-order valence-electron chi connectivity index (χ3n) is 2.31. The van der Waals surface area contributed by atoms with E-state index >= 15 is 0 Å². The molecule has 2 rings (SSSR count). The Hall–Kier alpha value is -1.03. The molecule has 2 aromatic rings. The predicted molar refractivity (Wildman–Crippen MR) is 72.7 cm³/mol. The van der Waals surface area contributed by atoms with E-state index in [4.69, 9.17) is 16.0 Å². The lowest BCUT2D eigenvalue weighted by Gasteiger charge is -2.15. The highest BCUT2D eigenvalue weighted by molar-refractivity contribution is 7.16. The standard InChI is InChI=1S/C13H14ClNOS/c1-9(2)8-15-13(10-4-3-7-16-10)11-5-6-12(14)17-11/h3-7,13,15H,1,8H2,2H3. The van der Waals surface area contributed by atoms with Gasteiger partial charge in [-0.3, -0.25) is 5.32 Å². The Balaban J connectivity index is 2.21. The van der Waals surface area contributed by atoms with Crippen LogP contribution in [0.1, 0.15) is 23.6 Å². The Morgan fingerprint density at radius 3 is 2.88 bits per heavy atom. The summed E-state index contributed by atoms with van der Waals surface area (Å²) in [5, 5.41) is 3.41. The van der Waals surface area contributed by atoms with Crippen LogP contribution in [0.2, 0.25) is 4.34 Å². The molecule has 0 aliphatic rings. The quantitative estimate of drug-likeness (QED) is 0.820. The van der Waals surface area contributed by atoms with Crippen molar-refractivity contribution < 1.29 is 4.42 Å². The highest BCUT2D eigenvalue weighted by atomic mass is 35.5. The van der Waals surface area contributed by atoms with Crippen molar-refractivity contribution in [1.29, 1.82) is 0 Å². The van der Waals surface area contributed by atoms with E-state index in [1.165, 1.54) is 0 Å². The molecule has 0 aliphatic heterocycles. The summed E-state index contributed by atoms with van der Waals surface area (Å²) < 4.78 is 6.25. The Kier molecular flexibility index (Phi) is 4.05. The van der Waals surface area contributed by atoms with Gasteiger partial charge in [0.1, 0.15) is 11.8 Å². The molecule has 2 heterocycles. The van der Waals surface area contributed by atoms with Crippen molar-refractivity contribution in [2.24, 2.45) is 0 Å². The molecule has 90 valence electrons. The van der Waals surface area contributed by atoms with Gasteiger partial charge in [-0.1, -0.05) is 23.8 Å². The van der Waals surface area contributed by atoms with E-state index in [0.29, 0.717) is 0 Å². The molecular formula is C13H14ClNOS. The molecule has 0 aromatic carbocycles. The molecule has 0 aliphatic carbocycles. The summed E-state index contributed by atoms with van der Waals surface area (Å²) in [7, 11) is 0. The van der Waals surface area contributed by atoms with Gasteiger partial charge in [0.25, 0.3) is 0 Å². The highest BCUT2D eigenvalue weighted by Crippen LogP contribution is 2.31. The van der Waals surface area contributed by atoms with Crippen LogP contribution in [0.3, 0.4) is 0 Å². The van der Waals surface area contributed by atoms with Gasteiger partial charge in [0.2, 0.25) is 0 Å². The molecule has 0 spiro atoms. The van der Waals surface area contributed by atoms with Crippen molar-refractivity contribution in [3.05, 3.63) is 57.7 Å². The smallest absolute Gasteiger partial charge is 0.126 e. The van der Waals surface area contributed by atoms with Crippen molar-refractivity contribution in [2.75, 3.05) is 6.54 Å². The molecule has 1 N–H and O–H groups in total. The maximum absolute atomic E-state index is 5.97. The summed E-state index contributed by atoms with van der Waals surface area (Å²) >= 11 is 7.53. The number of thiophene rings is 1.